The number of ketones is 1. The van der Waals surface area contributed by atoms with Crippen molar-refractivity contribution in [2.24, 2.45) is 0 Å². The van der Waals surface area contributed by atoms with Crippen molar-refractivity contribution in [2.75, 3.05) is 13.1 Å². The van der Waals surface area contributed by atoms with E-state index in [-0.39, 0.29) is 17.3 Å². The summed E-state index contributed by atoms with van der Waals surface area (Å²) in [5, 5.41) is 10.7. The Morgan fingerprint density at radius 1 is 1.10 bits per heavy atom. The van der Waals surface area contributed by atoms with Crippen LogP contribution >= 0.6 is 0 Å². The first-order valence-electron chi connectivity index (χ1n) is 10.5. The number of aryl methyl sites for hydroxylation is 2. The summed E-state index contributed by atoms with van der Waals surface area (Å²) in [6.45, 7) is 10.5. The molecule has 1 aliphatic heterocycles. The lowest BCUT2D eigenvalue weighted by Crippen LogP contribution is -2.26. The monoisotopic (exact) mass is 397 g/mol. The Hall–Kier alpha value is -2.53. The maximum absolute atomic E-state index is 13.0. The van der Waals surface area contributed by atoms with Gasteiger partial charge >= 0.3 is 0 Å². The third kappa shape index (κ3) is 4.73. The van der Waals surface area contributed by atoms with Crippen molar-refractivity contribution in [1.29, 1.82) is 0 Å². The van der Waals surface area contributed by atoms with Crippen molar-refractivity contribution in [1.82, 2.24) is 4.90 Å². The fraction of sp³-hybridized carbons (Fsp3) is 0.458. The summed E-state index contributed by atoms with van der Waals surface area (Å²) in [7, 11) is 0. The first-order valence-corrected chi connectivity index (χ1v) is 10.5. The molecule has 2 aromatic rings. The molecule has 0 bridgehead atoms. The number of carbonyl (C=O) groups excluding carboxylic acids is 1. The van der Waals surface area contributed by atoms with Gasteiger partial charge in [0.1, 0.15) is 23.0 Å². The van der Waals surface area contributed by atoms with Crippen LogP contribution in [0, 0.1) is 13.8 Å². The van der Waals surface area contributed by atoms with Gasteiger partial charge in [0.05, 0.1) is 11.1 Å². The van der Waals surface area contributed by atoms with E-state index in [1.165, 1.54) is 0 Å². The van der Waals surface area contributed by atoms with Gasteiger partial charge in [-0.2, -0.15) is 0 Å². The smallest absolute Gasteiger partial charge is 0.232 e. The number of fused-ring (bicyclic) bond motifs is 1. The van der Waals surface area contributed by atoms with Crippen LogP contribution in [0.15, 0.2) is 28.4 Å². The molecular formula is C24H31NO4. The Bertz CT molecular complexity index is 902. The highest BCUT2D eigenvalue weighted by Gasteiger charge is 2.33. The molecule has 0 amide bonds. The number of hydrogen-bond acceptors (Lipinski definition) is 5. The minimum Gasteiger partial charge on any atom is -0.507 e. The van der Waals surface area contributed by atoms with Crippen molar-refractivity contribution < 1.29 is 19.1 Å². The number of phenolic OH excluding ortho intramolecular Hbond substituents is 1. The summed E-state index contributed by atoms with van der Waals surface area (Å²) >= 11 is 0. The lowest BCUT2D eigenvalue weighted by molar-refractivity contribution is 0.101. The molecule has 1 N–H and O–H groups in total. The molecule has 29 heavy (non-hydrogen) atoms. The second-order valence-electron chi connectivity index (χ2n) is 7.77. The van der Waals surface area contributed by atoms with Crippen LogP contribution in [-0.4, -0.2) is 28.9 Å². The third-order valence-corrected chi connectivity index (χ3v) is 5.29. The normalized spacial score (nSPS) is 14.7. The van der Waals surface area contributed by atoms with E-state index in [0.717, 1.165) is 50.1 Å². The van der Waals surface area contributed by atoms with Gasteiger partial charge in [-0.3, -0.25) is 9.69 Å². The van der Waals surface area contributed by atoms with E-state index in [1.807, 2.05) is 26.0 Å². The van der Waals surface area contributed by atoms with Crippen molar-refractivity contribution in [3.05, 3.63) is 52.2 Å². The van der Waals surface area contributed by atoms with Gasteiger partial charge in [-0.05, 0) is 63.5 Å². The van der Waals surface area contributed by atoms with Crippen LogP contribution in [0.2, 0.25) is 0 Å². The molecule has 0 fully saturated rings. The third-order valence-electron chi connectivity index (χ3n) is 5.29. The number of benzene rings is 1. The van der Waals surface area contributed by atoms with Gasteiger partial charge in [-0.1, -0.05) is 26.7 Å². The topological polar surface area (TPSA) is 62.9 Å². The molecule has 2 heterocycles. The number of nitrogens with zero attached hydrogens (tertiary/aromatic N) is 1. The molecule has 5 nitrogen and oxygen atoms in total. The molecule has 0 spiro atoms. The van der Waals surface area contributed by atoms with E-state index in [0.29, 0.717) is 29.2 Å². The Kier molecular flexibility index (Phi) is 6.80. The van der Waals surface area contributed by atoms with Gasteiger partial charge in [0.15, 0.2) is 5.76 Å². The Balaban J connectivity index is 1.94. The highest BCUT2D eigenvalue weighted by atomic mass is 16.5. The number of ether oxygens (including phenoxy) is 1. The van der Waals surface area contributed by atoms with Crippen LogP contribution in [0.4, 0.5) is 0 Å². The van der Waals surface area contributed by atoms with Crippen LogP contribution in [0.25, 0.3) is 6.08 Å². The quantitative estimate of drug-likeness (QED) is 0.556. The number of Topliss-reactive ketones (excluding diaryl/α,β-unsaturated/α-hetero) is 1. The van der Waals surface area contributed by atoms with Gasteiger partial charge in [0, 0.05) is 12.6 Å². The van der Waals surface area contributed by atoms with Crippen molar-refractivity contribution >= 4 is 11.9 Å². The van der Waals surface area contributed by atoms with E-state index in [4.69, 9.17) is 9.15 Å². The average molecular weight is 398 g/mol. The van der Waals surface area contributed by atoms with E-state index in [9.17, 15) is 9.90 Å². The lowest BCUT2D eigenvalue weighted by Gasteiger charge is -2.23. The zero-order valence-corrected chi connectivity index (χ0v) is 17.9. The molecule has 0 aliphatic carbocycles. The molecule has 1 aromatic heterocycles. The Morgan fingerprint density at radius 2 is 1.79 bits per heavy atom. The van der Waals surface area contributed by atoms with Crippen molar-refractivity contribution in [3.8, 4) is 11.5 Å². The maximum Gasteiger partial charge on any atom is 0.232 e. The zero-order chi connectivity index (χ0) is 21.0. The van der Waals surface area contributed by atoms with E-state index in [1.54, 1.807) is 12.1 Å². The molecule has 0 unspecified atom stereocenters. The number of carbonyl (C=O) groups is 1. The van der Waals surface area contributed by atoms with Gasteiger partial charge in [-0.25, -0.2) is 0 Å². The van der Waals surface area contributed by atoms with Crippen LogP contribution in [-0.2, 0) is 6.54 Å². The van der Waals surface area contributed by atoms with Crippen molar-refractivity contribution in [3.63, 3.8) is 0 Å². The largest absolute Gasteiger partial charge is 0.507 e. The predicted molar refractivity (Wildman–Crippen MR) is 114 cm³/mol. The summed E-state index contributed by atoms with van der Waals surface area (Å²) in [4.78, 5) is 15.3. The molecular weight excluding hydrogens is 366 g/mol. The second kappa shape index (κ2) is 9.31. The lowest BCUT2D eigenvalue weighted by atomic mass is 9.99. The standard InChI is InChI=1S/C24H31NO4/c1-5-7-11-25(12-8-6-2)15-19-20(26)13-16(3)22-23(27)21(29-24(19)22)14-18-10-9-17(4)28-18/h9-10,13-14,26H,5-8,11-12,15H2,1-4H3/b21-14+. The summed E-state index contributed by atoms with van der Waals surface area (Å²) in [5.41, 5.74) is 1.95. The minimum atomic E-state index is -0.165. The molecule has 0 saturated carbocycles. The van der Waals surface area contributed by atoms with Crippen LogP contribution < -0.4 is 4.74 Å². The fourth-order valence-electron chi connectivity index (χ4n) is 3.65. The van der Waals surface area contributed by atoms with Gasteiger partial charge < -0.3 is 14.3 Å². The fourth-order valence-corrected chi connectivity index (χ4v) is 3.65. The van der Waals surface area contributed by atoms with Gasteiger partial charge in [-0.15, -0.1) is 0 Å². The zero-order valence-electron chi connectivity index (χ0n) is 17.9. The van der Waals surface area contributed by atoms with Crippen LogP contribution in [0.1, 0.15) is 72.5 Å². The van der Waals surface area contributed by atoms with Crippen LogP contribution in [0.3, 0.4) is 0 Å². The number of furan rings is 1. The van der Waals surface area contributed by atoms with E-state index < -0.39 is 0 Å². The molecule has 156 valence electrons. The Morgan fingerprint density at radius 3 is 2.38 bits per heavy atom. The second-order valence-corrected chi connectivity index (χ2v) is 7.77. The summed E-state index contributed by atoms with van der Waals surface area (Å²) in [5.74, 6) is 2.09. The van der Waals surface area contributed by atoms with E-state index >= 15 is 0 Å². The maximum atomic E-state index is 13.0. The highest BCUT2D eigenvalue weighted by Crippen LogP contribution is 2.42. The molecule has 1 aromatic carbocycles. The van der Waals surface area contributed by atoms with Gasteiger partial charge in [0.2, 0.25) is 5.78 Å². The summed E-state index contributed by atoms with van der Waals surface area (Å²) in [6, 6.07) is 5.33. The SMILES string of the molecule is CCCCN(CCCC)Cc1c(O)cc(C)c2c1O/C(=C/c1ccc(C)o1)C2=O. The number of phenols is 1. The first kappa shape index (κ1) is 21.2. The molecule has 0 saturated heterocycles. The van der Waals surface area contributed by atoms with Crippen LogP contribution in [0.5, 0.6) is 11.5 Å². The molecule has 0 atom stereocenters. The number of hydrogen-bond donors (Lipinski definition) is 1. The first-order chi connectivity index (χ1) is 13.9. The highest BCUT2D eigenvalue weighted by molar-refractivity contribution is 6.15. The van der Waals surface area contributed by atoms with Gasteiger partial charge in [0.25, 0.3) is 0 Å². The average Bonchev–Trinajstić information content (AvgIpc) is 3.24. The predicted octanol–water partition coefficient (Wildman–Crippen LogP) is 5.62. The molecule has 1 aliphatic rings. The number of allylic oxidation sites excluding steroid dienone is 1. The summed E-state index contributed by atoms with van der Waals surface area (Å²) < 4.78 is 11.6. The van der Waals surface area contributed by atoms with Crippen molar-refractivity contribution in [2.45, 2.75) is 59.9 Å². The molecule has 5 heteroatoms. The summed E-state index contributed by atoms with van der Waals surface area (Å²) in [6.07, 6.45) is 6.06. The number of unbranched alkanes of at least 4 members (excludes halogenated alkanes) is 2. The number of rotatable bonds is 9. The molecule has 3 rings (SSSR count). The van der Waals surface area contributed by atoms with E-state index in [2.05, 4.69) is 18.7 Å². The minimum absolute atomic E-state index is 0.165. The Labute approximate surface area is 173 Å². The molecule has 0 radical (unpaired) electrons. The number of aromatic hydroxyl groups is 1.